The molecule has 0 saturated heterocycles. The minimum absolute atomic E-state index is 0.112. The van der Waals surface area contributed by atoms with Crippen LogP contribution in [0.4, 0.5) is 5.00 Å². The minimum atomic E-state index is -0.409. The molecule has 2 nitrogen and oxygen atoms in total. The number of carbonyl (C=O) groups is 1. The SMILES string of the molecule is Cc1c(-c2ccccc2)sc(N)c1C(=O)C(C)(C)C. The first-order chi connectivity index (χ1) is 8.82. The van der Waals surface area contributed by atoms with Gasteiger partial charge in [0.05, 0.1) is 10.6 Å². The molecule has 3 heteroatoms. The molecular formula is C16H19NOS. The van der Waals surface area contributed by atoms with Crippen LogP contribution in [0.5, 0.6) is 0 Å². The Labute approximate surface area is 118 Å². The van der Waals surface area contributed by atoms with Crippen LogP contribution in [0, 0.1) is 12.3 Å². The lowest BCUT2D eigenvalue weighted by Crippen LogP contribution is -2.21. The standard InChI is InChI=1S/C16H19NOS/c1-10-12(14(18)16(2,3)4)15(17)19-13(10)11-8-6-5-7-9-11/h5-9H,17H2,1-4H3. The van der Waals surface area contributed by atoms with E-state index in [1.807, 2.05) is 58.0 Å². The number of ketones is 1. The summed E-state index contributed by atoms with van der Waals surface area (Å²) in [5, 5.41) is 0.622. The first-order valence-electron chi connectivity index (χ1n) is 6.31. The lowest BCUT2D eigenvalue weighted by atomic mass is 9.85. The molecule has 0 aliphatic carbocycles. The molecule has 1 heterocycles. The molecular weight excluding hydrogens is 254 g/mol. The summed E-state index contributed by atoms with van der Waals surface area (Å²) >= 11 is 1.50. The van der Waals surface area contributed by atoms with Gasteiger partial charge in [-0.25, -0.2) is 0 Å². The molecule has 2 aromatic rings. The predicted molar refractivity (Wildman–Crippen MR) is 82.7 cm³/mol. The summed E-state index contributed by atoms with van der Waals surface area (Å²) in [6, 6.07) is 10.1. The van der Waals surface area contributed by atoms with Crippen molar-refractivity contribution < 1.29 is 4.79 Å². The summed E-state index contributed by atoms with van der Waals surface area (Å²) in [5.74, 6) is 0.112. The number of anilines is 1. The monoisotopic (exact) mass is 273 g/mol. The second-order valence-corrected chi connectivity index (χ2v) is 6.79. The Balaban J connectivity index is 2.56. The molecule has 19 heavy (non-hydrogen) atoms. The molecule has 1 aromatic carbocycles. The topological polar surface area (TPSA) is 43.1 Å². The van der Waals surface area contributed by atoms with E-state index in [9.17, 15) is 4.79 Å². The van der Waals surface area contributed by atoms with E-state index in [1.54, 1.807) is 0 Å². The molecule has 0 spiro atoms. The number of nitrogens with two attached hydrogens (primary N) is 1. The van der Waals surface area contributed by atoms with Crippen molar-refractivity contribution in [2.24, 2.45) is 5.41 Å². The summed E-state index contributed by atoms with van der Waals surface area (Å²) < 4.78 is 0. The highest BCUT2D eigenvalue weighted by Gasteiger charge is 2.29. The van der Waals surface area contributed by atoms with Crippen molar-refractivity contribution in [3.05, 3.63) is 41.5 Å². The van der Waals surface area contributed by atoms with E-state index >= 15 is 0 Å². The minimum Gasteiger partial charge on any atom is -0.390 e. The highest BCUT2D eigenvalue weighted by atomic mass is 32.1. The number of hydrogen-bond donors (Lipinski definition) is 1. The number of benzene rings is 1. The number of carbonyl (C=O) groups excluding carboxylic acids is 1. The van der Waals surface area contributed by atoms with Crippen LogP contribution >= 0.6 is 11.3 Å². The molecule has 0 fully saturated rings. The van der Waals surface area contributed by atoms with Gasteiger partial charge in [0.25, 0.3) is 0 Å². The van der Waals surface area contributed by atoms with E-state index in [-0.39, 0.29) is 5.78 Å². The van der Waals surface area contributed by atoms with E-state index < -0.39 is 5.41 Å². The average Bonchev–Trinajstić information content (AvgIpc) is 2.64. The highest BCUT2D eigenvalue weighted by Crippen LogP contribution is 2.40. The van der Waals surface area contributed by atoms with E-state index in [4.69, 9.17) is 5.73 Å². The van der Waals surface area contributed by atoms with Crippen LogP contribution < -0.4 is 5.73 Å². The van der Waals surface area contributed by atoms with Gasteiger partial charge in [0.1, 0.15) is 0 Å². The molecule has 0 atom stereocenters. The van der Waals surface area contributed by atoms with Gasteiger partial charge < -0.3 is 5.73 Å². The van der Waals surface area contributed by atoms with E-state index in [2.05, 4.69) is 0 Å². The van der Waals surface area contributed by atoms with Gasteiger partial charge in [-0.1, -0.05) is 51.1 Å². The van der Waals surface area contributed by atoms with Crippen molar-refractivity contribution in [3.63, 3.8) is 0 Å². The van der Waals surface area contributed by atoms with Gasteiger partial charge in [0.15, 0.2) is 5.78 Å². The maximum atomic E-state index is 12.5. The summed E-state index contributed by atoms with van der Waals surface area (Å²) in [5.41, 5.74) is 8.47. The fourth-order valence-corrected chi connectivity index (χ4v) is 3.13. The number of thiophene rings is 1. The van der Waals surface area contributed by atoms with Crippen molar-refractivity contribution in [2.45, 2.75) is 27.7 Å². The van der Waals surface area contributed by atoms with Crippen molar-refractivity contribution in [1.29, 1.82) is 0 Å². The zero-order valence-corrected chi connectivity index (χ0v) is 12.6. The first kappa shape index (κ1) is 13.8. The fraction of sp³-hybridized carbons (Fsp3) is 0.312. The Morgan fingerprint density at radius 3 is 2.26 bits per heavy atom. The predicted octanol–water partition coefficient (Wildman–Crippen LogP) is 4.53. The van der Waals surface area contributed by atoms with Crippen LogP contribution in [-0.2, 0) is 0 Å². The Morgan fingerprint density at radius 2 is 1.74 bits per heavy atom. The average molecular weight is 273 g/mol. The largest absolute Gasteiger partial charge is 0.390 e. The van der Waals surface area contributed by atoms with Crippen molar-refractivity contribution >= 4 is 22.1 Å². The Kier molecular flexibility index (Phi) is 3.50. The second-order valence-electron chi connectivity index (χ2n) is 5.74. The molecule has 0 amide bonds. The van der Waals surface area contributed by atoms with Crippen LogP contribution in [0.1, 0.15) is 36.7 Å². The Bertz CT molecular complexity index is 606. The summed E-state index contributed by atoms with van der Waals surface area (Å²) in [6.45, 7) is 7.75. The maximum absolute atomic E-state index is 12.5. The van der Waals surface area contributed by atoms with Crippen LogP contribution in [0.3, 0.4) is 0 Å². The number of hydrogen-bond acceptors (Lipinski definition) is 3. The lowest BCUT2D eigenvalue weighted by Gasteiger charge is -2.17. The molecule has 0 bridgehead atoms. The molecule has 0 aliphatic rings. The summed E-state index contributed by atoms with van der Waals surface area (Å²) in [6.07, 6.45) is 0. The summed E-state index contributed by atoms with van der Waals surface area (Å²) in [7, 11) is 0. The molecule has 2 rings (SSSR count). The third-order valence-electron chi connectivity index (χ3n) is 3.12. The third kappa shape index (κ3) is 2.56. The molecule has 0 aliphatic heterocycles. The van der Waals surface area contributed by atoms with Crippen LogP contribution in [0.15, 0.2) is 30.3 Å². The van der Waals surface area contributed by atoms with E-state index in [0.29, 0.717) is 10.6 Å². The quantitative estimate of drug-likeness (QED) is 0.817. The summed E-state index contributed by atoms with van der Waals surface area (Å²) in [4.78, 5) is 13.6. The first-order valence-corrected chi connectivity index (χ1v) is 7.13. The van der Waals surface area contributed by atoms with Crippen LogP contribution in [-0.4, -0.2) is 5.78 Å². The Hall–Kier alpha value is -1.61. The maximum Gasteiger partial charge on any atom is 0.171 e. The molecule has 2 N–H and O–H groups in total. The Morgan fingerprint density at radius 1 is 1.16 bits per heavy atom. The normalized spacial score (nSPS) is 11.6. The van der Waals surface area contributed by atoms with Crippen molar-refractivity contribution in [1.82, 2.24) is 0 Å². The van der Waals surface area contributed by atoms with Crippen LogP contribution in [0.25, 0.3) is 10.4 Å². The molecule has 0 unspecified atom stereocenters. The van der Waals surface area contributed by atoms with Gasteiger partial charge in [-0.2, -0.15) is 0 Å². The highest BCUT2D eigenvalue weighted by molar-refractivity contribution is 7.19. The van der Waals surface area contributed by atoms with Gasteiger partial charge in [-0.15, -0.1) is 11.3 Å². The number of rotatable bonds is 2. The van der Waals surface area contributed by atoms with Gasteiger partial charge in [0, 0.05) is 10.3 Å². The van der Waals surface area contributed by atoms with Crippen LogP contribution in [0.2, 0.25) is 0 Å². The molecule has 1 aromatic heterocycles. The van der Waals surface area contributed by atoms with Gasteiger partial charge >= 0.3 is 0 Å². The van der Waals surface area contributed by atoms with Crippen molar-refractivity contribution in [2.75, 3.05) is 5.73 Å². The molecule has 0 radical (unpaired) electrons. The molecule has 0 saturated carbocycles. The van der Waals surface area contributed by atoms with Crippen molar-refractivity contribution in [3.8, 4) is 10.4 Å². The fourth-order valence-electron chi connectivity index (χ4n) is 2.06. The van der Waals surface area contributed by atoms with E-state index in [1.165, 1.54) is 11.3 Å². The second kappa shape index (κ2) is 4.82. The zero-order chi connectivity index (χ0) is 14.2. The smallest absolute Gasteiger partial charge is 0.171 e. The third-order valence-corrected chi connectivity index (χ3v) is 4.29. The number of nitrogen functional groups attached to an aromatic ring is 1. The lowest BCUT2D eigenvalue weighted by molar-refractivity contribution is 0.0859. The van der Waals surface area contributed by atoms with Gasteiger partial charge in [0.2, 0.25) is 0 Å². The zero-order valence-electron chi connectivity index (χ0n) is 11.8. The van der Waals surface area contributed by atoms with E-state index in [0.717, 1.165) is 16.0 Å². The molecule has 100 valence electrons. The number of Topliss-reactive ketones (excluding diaryl/α,β-unsaturated/α-hetero) is 1. The van der Waals surface area contributed by atoms with Gasteiger partial charge in [-0.05, 0) is 18.1 Å². The van der Waals surface area contributed by atoms with Gasteiger partial charge in [-0.3, -0.25) is 4.79 Å².